The lowest BCUT2D eigenvalue weighted by molar-refractivity contribution is 0.401. The second-order valence-electron chi connectivity index (χ2n) is 4.35. The average Bonchev–Trinajstić information content (AvgIpc) is 2.46. The summed E-state index contributed by atoms with van der Waals surface area (Å²) in [5.74, 6) is 3.16. The lowest BCUT2D eigenvalue weighted by Gasteiger charge is -2.12. The Kier molecular flexibility index (Phi) is 4.14. The van der Waals surface area contributed by atoms with Crippen molar-refractivity contribution < 1.29 is 9.47 Å². The van der Waals surface area contributed by atoms with Gasteiger partial charge in [-0.2, -0.15) is 0 Å². The van der Waals surface area contributed by atoms with Crippen LogP contribution in [0.15, 0.2) is 12.1 Å². The molecule has 1 aromatic carbocycles. The molecule has 0 unspecified atom stereocenters. The van der Waals surface area contributed by atoms with Crippen molar-refractivity contribution in [3.8, 4) is 22.9 Å². The molecule has 0 saturated heterocycles. The third kappa shape index (κ3) is 2.70. The fraction of sp³-hybridized carbons (Fsp3) is 0.357. The van der Waals surface area contributed by atoms with Crippen molar-refractivity contribution in [1.29, 1.82) is 0 Å². The molecular formula is C14H18N4O2. The molecule has 1 aromatic heterocycles. The van der Waals surface area contributed by atoms with E-state index in [2.05, 4.69) is 15.0 Å². The Morgan fingerprint density at radius 2 is 1.70 bits per heavy atom. The topological polar surface area (TPSA) is 83.2 Å². The predicted octanol–water partition coefficient (Wildman–Crippen LogP) is 1.63. The molecule has 0 aliphatic carbocycles. The van der Waals surface area contributed by atoms with E-state index in [0.29, 0.717) is 23.2 Å². The van der Waals surface area contributed by atoms with Crippen LogP contribution >= 0.6 is 0 Å². The van der Waals surface area contributed by atoms with Gasteiger partial charge in [-0.05, 0) is 31.5 Å². The van der Waals surface area contributed by atoms with Gasteiger partial charge in [0.05, 0.1) is 26.3 Å². The van der Waals surface area contributed by atoms with Gasteiger partial charge in [0.25, 0.3) is 0 Å². The number of aromatic nitrogens is 3. The van der Waals surface area contributed by atoms with Crippen LogP contribution in [0, 0.1) is 13.8 Å². The number of methoxy groups -OCH3 is 2. The summed E-state index contributed by atoms with van der Waals surface area (Å²) in [5.41, 5.74) is 7.35. The number of nitrogens with zero attached hydrogens (tertiary/aromatic N) is 3. The number of nitrogens with two attached hydrogens (primary N) is 1. The number of hydrogen-bond acceptors (Lipinski definition) is 6. The van der Waals surface area contributed by atoms with Gasteiger partial charge in [0.1, 0.15) is 23.1 Å². The van der Waals surface area contributed by atoms with Gasteiger partial charge >= 0.3 is 0 Å². The summed E-state index contributed by atoms with van der Waals surface area (Å²) in [4.78, 5) is 12.9. The van der Waals surface area contributed by atoms with Gasteiger partial charge in [-0.25, -0.2) is 15.0 Å². The van der Waals surface area contributed by atoms with E-state index in [0.717, 1.165) is 16.9 Å². The molecule has 0 bridgehead atoms. The van der Waals surface area contributed by atoms with E-state index in [4.69, 9.17) is 15.2 Å². The highest BCUT2D eigenvalue weighted by Gasteiger charge is 2.14. The summed E-state index contributed by atoms with van der Waals surface area (Å²) in [6, 6.07) is 3.76. The molecule has 0 aliphatic heterocycles. The molecular weight excluding hydrogens is 256 g/mol. The van der Waals surface area contributed by atoms with Gasteiger partial charge in [-0.15, -0.1) is 0 Å². The summed E-state index contributed by atoms with van der Waals surface area (Å²) >= 11 is 0. The van der Waals surface area contributed by atoms with Crippen LogP contribution in [0.5, 0.6) is 11.5 Å². The quantitative estimate of drug-likeness (QED) is 0.912. The van der Waals surface area contributed by atoms with Crippen molar-refractivity contribution >= 4 is 0 Å². The highest BCUT2D eigenvalue weighted by molar-refractivity contribution is 5.67. The lowest BCUT2D eigenvalue weighted by atomic mass is 10.1. The molecule has 2 N–H and O–H groups in total. The first-order valence-corrected chi connectivity index (χ1v) is 6.23. The molecule has 6 heteroatoms. The third-order valence-electron chi connectivity index (χ3n) is 2.93. The van der Waals surface area contributed by atoms with Crippen LogP contribution in [0.4, 0.5) is 0 Å². The Balaban J connectivity index is 2.64. The largest absolute Gasteiger partial charge is 0.496 e. The van der Waals surface area contributed by atoms with Gasteiger partial charge in [0, 0.05) is 0 Å². The van der Waals surface area contributed by atoms with Crippen molar-refractivity contribution in [3.63, 3.8) is 0 Å². The van der Waals surface area contributed by atoms with Crippen LogP contribution in [0.1, 0.15) is 17.2 Å². The molecule has 0 radical (unpaired) electrons. The highest BCUT2D eigenvalue weighted by Crippen LogP contribution is 2.34. The van der Waals surface area contributed by atoms with E-state index in [-0.39, 0.29) is 6.54 Å². The van der Waals surface area contributed by atoms with Crippen LogP contribution in [0.2, 0.25) is 0 Å². The number of hydrogen-bond donors (Lipinski definition) is 1. The zero-order valence-electron chi connectivity index (χ0n) is 12.1. The minimum Gasteiger partial charge on any atom is -0.496 e. The summed E-state index contributed by atoms with van der Waals surface area (Å²) in [6.07, 6.45) is 0. The monoisotopic (exact) mass is 274 g/mol. The molecule has 0 saturated carbocycles. The summed E-state index contributed by atoms with van der Waals surface area (Å²) < 4.78 is 10.7. The zero-order chi connectivity index (χ0) is 14.7. The standard InChI is InChI=1S/C14H18N4O2/c1-8-5-12(20-4)10(6-11(8)19-3)14-17-9(2)16-13(7-15)18-14/h5-6H,7,15H2,1-4H3. The molecule has 106 valence electrons. The Labute approximate surface area is 118 Å². The summed E-state index contributed by atoms with van der Waals surface area (Å²) in [5, 5.41) is 0. The van der Waals surface area contributed by atoms with Crippen LogP contribution in [-0.2, 0) is 6.54 Å². The Morgan fingerprint density at radius 3 is 2.30 bits per heavy atom. The van der Waals surface area contributed by atoms with Crippen LogP contribution < -0.4 is 15.2 Å². The van der Waals surface area contributed by atoms with Crippen molar-refractivity contribution in [3.05, 3.63) is 29.3 Å². The minimum absolute atomic E-state index is 0.266. The maximum absolute atomic E-state index is 5.61. The fourth-order valence-electron chi connectivity index (χ4n) is 1.97. The van der Waals surface area contributed by atoms with Gasteiger partial charge < -0.3 is 15.2 Å². The van der Waals surface area contributed by atoms with E-state index in [1.807, 2.05) is 26.0 Å². The number of rotatable bonds is 4. The molecule has 0 aliphatic rings. The average molecular weight is 274 g/mol. The highest BCUT2D eigenvalue weighted by atomic mass is 16.5. The molecule has 0 atom stereocenters. The third-order valence-corrected chi connectivity index (χ3v) is 2.93. The number of ether oxygens (including phenoxy) is 2. The molecule has 2 aromatic rings. The first kappa shape index (κ1) is 14.2. The second kappa shape index (κ2) is 5.83. The van der Waals surface area contributed by atoms with Crippen LogP contribution in [0.25, 0.3) is 11.4 Å². The predicted molar refractivity (Wildman–Crippen MR) is 75.7 cm³/mol. The first-order valence-electron chi connectivity index (χ1n) is 6.23. The number of benzene rings is 1. The normalized spacial score (nSPS) is 10.4. The SMILES string of the molecule is COc1cc(-c2nc(C)nc(CN)n2)c(OC)cc1C. The molecule has 20 heavy (non-hydrogen) atoms. The molecule has 0 amide bonds. The van der Waals surface area contributed by atoms with Crippen LogP contribution in [-0.4, -0.2) is 29.2 Å². The molecule has 1 heterocycles. The Morgan fingerprint density at radius 1 is 1.00 bits per heavy atom. The summed E-state index contributed by atoms with van der Waals surface area (Å²) in [7, 11) is 3.24. The van der Waals surface area contributed by atoms with Crippen molar-refractivity contribution in [2.75, 3.05) is 14.2 Å². The maximum Gasteiger partial charge on any atom is 0.167 e. The van der Waals surface area contributed by atoms with Gasteiger partial charge in [-0.3, -0.25) is 0 Å². The molecule has 0 spiro atoms. The van der Waals surface area contributed by atoms with Crippen LogP contribution in [0.3, 0.4) is 0 Å². The molecule has 0 fully saturated rings. The number of aryl methyl sites for hydroxylation is 2. The van der Waals surface area contributed by atoms with Gasteiger partial charge in [-0.1, -0.05) is 0 Å². The minimum atomic E-state index is 0.266. The zero-order valence-corrected chi connectivity index (χ0v) is 12.1. The first-order chi connectivity index (χ1) is 9.58. The lowest BCUT2D eigenvalue weighted by Crippen LogP contribution is -2.08. The van der Waals surface area contributed by atoms with Crippen molar-refractivity contribution in [1.82, 2.24) is 15.0 Å². The van der Waals surface area contributed by atoms with Gasteiger partial charge in [0.15, 0.2) is 5.82 Å². The van der Waals surface area contributed by atoms with Crippen molar-refractivity contribution in [2.45, 2.75) is 20.4 Å². The van der Waals surface area contributed by atoms with E-state index >= 15 is 0 Å². The maximum atomic E-state index is 5.61. The van der Waals surface area contributed by atoms with E-state index in [9.17, 15) is 0 Å². The van der Waals surface area contributed by atoms with E-state index in [1.54, 1.807) is 14.2 Å². The van der Waals surface area contributed by atoms with E-state index in [1.165, 1.54) is 0 Å². The Hall–Kier alpha value is -2.21. The smallest absolute Gasteiger partial charge is 0.167 e. The second-order valence-corrected chi connectivity index (χ2v) is 4.35. The fourth-order valence-corrected chi connectivity index (χ4v) is 1.97. The summed E-state index contributed by atoms with van der Waals surface area (Å²) in [6.45, 7) is 4.03. The van der Waals surface area contributed by atoms with E-state index < -0.39 is 0 Å². The molecule has 2 rings (SSSR count). The molecule has 6 nitrogen and oxygen atoms in total. The Bertz CT molecular complexity index is 629. The van der Waals surface area contributed by atoms with Crippen molar-refractivity contribution in [2.24, 2.45) is 5.73 Å². The van der Waals surface area contributed by atoms with Gasteiger partial charge in [0.2, 0.25) is 0 Å².